The highest BCUT2D eigenvalue weighted by molar-refractivity contribution is 5.99. The number of rotatable bonds is 3. The van der Waals surface area contributed by atoms with Crippen molar-refractivity contribution in [3.05, 3.63) is 29.8 Å². The molecule has 2 rings (SSSR count). The van der Waals surface area contributed by atoms with Crippen LogP contribution in [0, 0.1) is 0 Å². The van der Waals surface area contributed by atoms with E-state index in [1.807, 2.05) is 0 Å². The molecule has 0 saturated carbocycles. The van der Waals surface area contributed by atoms with Crippen molar-refractivity contribution in [3.8, 4) is 5.75 Å². The maximum atomic E-state index is 12.0. The Morgan fingerprint density at radius 2 is 2.17 bits per heavy atom. The molecule has 0 aliphatic carbocycles. The van der Waals surface area contributed by atoms with Crippen LogP contribution in [0.4, 0.5) is 13.2 Å². The Balaban J connectivity index is 2.13. The van der Waals surface area contributed by atoms with Crippen LogP contribution in [-0.2, 0) is 4.74 Å². The van der Waals surface area contributed by atoms with Crippen molar-refractivity contribution in [3.63, 3.8) is 0 Å². The van der Waals surface area contributed by atoms with Gasteiger partial charge in [-0.15, -0.1) is 13.2 Å². The largest absolute Gasteiger partial charge is 0.573 e. The molecule has 1 fully saturated rings. The number of carbonyl (C=O) groups excluding carboxylic acids is 1. The lowest BCUT2D eigenvalue weighted by atomic mass is 10.0. The third-order valence-electron chi connectivity index (χ3n) is 2.57. The first-order valence-corrected chi connectivity index (χ1v) is 5.47. The standard InChI is InChI=1S/C12H11F3O3/c13-12(14,15)18-9-4-1-3-8(7-9)11(16)10-5-2-6-17-10/h1,3-4,7,10H,2,5-6H2. The number of ether oxygens (including phenoxy) is 2. The molecule has 98 valence electrons. The second-order valence-electron chi connectivity index (χ2n) is 3.94. The zero-order chi connectivity index (χ0) is 13.2. The Hall–Kier alpha value is -1.56. The van der Waals surface area contributed by atoms with Gasteiger partial charge in [0.1, 0.15) is 11.9 Å². The van der Waals surface area contributed by atoms with Crippen LogP contribution < -0.4 is 4.74 Å². The van der Waals surface area contributed by atoms with Crippen LogP contribution in [0.2, 0.25) is 0 Å². The van der Waals surface area contributed by atoms with Gasteiger partial charge in [0.2, 0.25) is 0 Å². The van der Waals surface area contributed by atoms with Crippen LogP contribution in [-0.4, -0.2) is 24.9 Å². The maximum Gasteiger partial charge on any atom is 0.573 e. The minimum absolute atomic E-state index is 0.170. The molecule has 0 N–H and O–H groups in total. The van der Waals surface area contributed by atoms with E-state index in [9.17, 15) is 18.0 Å². The Morgan fingerprint density at radius 3 is 2.78 bits per heavy atom. The summed E-state index contributed by atoms with van der Waals surface area (Å²) in [5.41, 5.74) is 0.170. The minimum atomic E-state index is -4.76. The first-order chi connectivity index (χ1) is 8.46. The monoisotopic (exact) mass is 260 g/mol. The summed E-state index contributed by atoms with van der Waals surface area (Å²) >= 11 is 0. The molecule has 0 amide bonds. The topological polar surface area (TPSA) is 35.5 Å². The molecule has 1 aliphatic heterocycles. The van der Waals surface area contributed by atoms with E-state index in [2.05, 4.69) is 4.74 Å². The molecule has 1 aliphatic rings. The minimum Gasteiger partial charge on any atom is -0.406 e. The summed E-state index contributed by atoms with van der Waals surface area (Å²) in [7, 11) is 0. The fourth-order valence-corrected chi connectivity index (χ4v) is 1.82. The molecule has 6 heteroatoms. The highest BCUT2D eigenvalue weighted by Crippen LogP contribution is 2.25. The Labute approximate surface area is 102 Å². The molecule has 1 saturated heterocycles. The molecule has 0 aromatic heterocycles. The van der Waals surface area contributed by atoms with E-state index in [1.165, 1.54) is 12.1 Å². The summed E-state index contributed by atoms with van der Waals surface area (Å²) in [6.07, 6.45) is -3.92. The van der Waals surface area contributed by atoms with Crippen molar-refractivity contribution in [2.24, 2.45) is 0 Å². The quantitative estimate of drug-likeness (QED) is 0.784. The van der Waals surface area contributed by atoms with E-state index in [1.54, 1.807) is 0 Å². The molecule has 1 unspecified atom stereocenters. The average Bonchev–Trinajstić information content (AvgIpc) is 2.79. The van der Waals surface area contributed by atoms with Crippen molar-refractivity contribution >= 4 is 5.78 Å². The summed E-state index contributed by atoms with van der Waals surface area (Å²) in [6.45, 7) is 0.509. The lowest BCUT2D eigenvalue weighted by Gasteiger charge is -2.11. The number of Topliss-reactive ketones (excluding diaryl/α,β-unsaturated/α-hetero) is 1. The van der Waals surface area contributed by atoms with Gasteiger partial charge < -0.3 is 9.47 Å². The average molecular weight is 260 g/mol. The first-order valence-electron chi connectivity index (χ1n) is 5.47. The normalized spacial score (nSPS) is 19.8. The number of hydrogen-bond acceptors (Lipinski definition) is 3. The van der Waals surface area contributed by atoms with E-state index < -0.39 is 18.2 Å². The lowest BCUT2D eigenvalue weighted by molar-refractivity contribution is -0.274. The van der Waals surface area contributed by atoms with Gasteiger partial charge in [-0.25, -0.2) is 0 Å². The summed E-state index contributed by atoms with van der Waals surface area (Å²) in [6, 6.07) is 5.04. The van der Waals surface area contributed by atoms with Gasteiger partial charge in [0, 0.05) is 12.2 Å². The van der Waals surface area contributed by atoms with Crippen molar-refractivity contribution < 1.29 is 27.4 Å². The Bertz CT molecular complexity index is 436. The summed E-state index contributed by atoms with van der Waals surface area (Å²) in [5, 5.41) is 0. The molecule has 1 aromatic carbocycles. The molecular formula is C12H11F3O3. The molecular weight excluding hydrogens is 249 g/mol. The zero-order valence-corrected chi connectivity index (χ0v) is 9.37. The van der Waals surface area contributed by atoms with Crippen LogP contribution >= 0.6 is 0 Å². The number of hydrogen-bond donors (Lipinski definition) is 0. The number of alkyl halides is 3. The van der Waals surface area contributed by atoms with Crippen LogP contribution in [0.5, 0.6) is 5.75 Å². The van der Waals surface area contributed by atoms with Crippen LogP contribution in [0.25, 0.3) is 0 Å². The van der Waals surface area contributed by atoms with Gasteiger partial charge in [-0.1, -0.05) is 12.1 Å². The van der Waals surface area contributed by atoms with Gasteiger partial charge in [0.05, 0.1) is 0 Å². The maximum absolute atomic E-state index is 12.0. The first kappa shape index (κ1) is 12.9. The van der Waals surface area contributed by atoms with E-state index in [0.717, 1.165) is 18.6 Å². The highest BCUT2D eigenvalue weighted by Gasteiger charge is 2.31. The molecule has 1 atom stereocenters. The smallest absolute Gasteiger partial charge is 0.406 e. The number of carbonyl (C=O) groups is 1. The predicted octanol–water partition coefficient (Wildman–Crippen LogP) is 2.95. The zero-order valence-electron chi connectivity index (χ0n) is 9.37. The van der Waals surface area contributed by atoms with E-state index in [0.29, 0.717) is 13.0 Å². The third kappa shape index (κ3) is 3.22. The van der Waals surface area contributed by atoms with Gasteiger partial charge >= 0.3 is 6.36 Å². The van der Waals surface area contributed by atoms with Gasteiger partial charge in [0.15, 0.2) is 5.78 Å². The van der Waals surface area contributed by atoms with Gasteiger partial charge in [0.25, 0.3) is 0 Å². The van der Waals surface area contributed by atoms with Gasteiger partial charge in [-0.05, 0) is 25.0 Å². The van der Waals surface area contributed by atoms with Crippen molar-refractivity contribution in [1.29, 1.82) is 0 Å². The molecule has 1 heterocycles. The fraction of sp³-hybridized carbons (Fsp3) is 0.417. The van der Waals surface area contributed by atoms with E-state index in [-0.39, 0.29) is 11.3 Å². The summed E-state index contributed by atoms with van der Waals surface area (Å²) in [5.74, 6) is -0.702. The molecule has 0 radical (unpaired) electrons. The van der Waals surface area contributed by atoms with Crippen molar-refractivity contribution in [2.75, 3.05) is 6.61 Å². The Kier molecular flexibility index (Phi) is 3.56. The van der Waals surface area contributed by atoms with Crippen LogP contribution in [0.1, 0.15) is 23.2 Å². The third-order valence-corrected chi connectivity index (χ3v) is 2.57. The van der Waals surface area contributed by atoms with E-state index >= 15 is 0 Å². The van der Waals surface area contributed by atoms with Crippen molar-refractivity contribution in [2.45, 2.75) is 25.3 Å². The molecule has 18 heavy (non-hydrogen) atoms. The summed E-state index contributed by atoms with van der Waals surface area (Å²) < 4.78 is 45.1. The van der Waals surface area contributed by atoms with Crippen LogP contribution in [0.15, 0.2) is 24.3 Å². The Morgan fingerprint density at radius 1 is 1.39 bits per heavy atom. The molecule has 1 aromatic rings. The number of benzene rings is 1. The van der Waals surface area contributed by atoms with Crippen molar-refractivity contribution in [1.82, 2.24) is 0 Å². The van der Waals surface area contributed by atoms with Gasteiger partial charge in [-0.3, -0.25) is 4.79 Å². The highest BCUT2D eigenvalue weighted by atomic mass is 19.4. The molecule has 3 nitrogen and oxygen atoms in total. The van der Waals surface area contributed by atoms with E-state index in [4.69, 9.17) is 4.74 Å². The number of halogens is 3. The van der Waals surface area contributed by atoms with Crippen LogP contribution in [0.3, 0.4) is 0 Å². The fourth-order valence-electron chi connectivity index (χ4n) is 1.82. The SMILES string of the molecule is O=C(c1cccc(OC(F)(F)F)c1)C1CCCO1. The second kappa shape index (κ2) is 4.97. The molecule has 0 spiro atoms. The number of ketones is 1. The second-order valence-corrected chi connectivity index (χ2v) is 3.94. The van der Waals surface area contributed by atoms with Gasteiger partial charge in [-0.2, -0.15) is 0 Å². The molecule has 0 bridgehead atoms. The lowest BCUT2D eigenvalue weighted by Crippen LogP contribution is -2.20. The predicted molar refractivity (Wildman–Crippen MR) is 56.4 cm³/mol. The summed E-state index contributed by atoms with van der Waals surface area (Å²) in [4.78, 5) is 11.9.